The van der Waals surface area contributed by atoms with Crippen molar-refractivity contribution in [3.63, 3.8) is 0 Å². The molecule has 0 aliphatic heterocycles. The molecule has 0 aromatic rings. The van der Waals surface area contributed by atoms with Gasteiger partial charge in [-0.1, -0.05) is 13.8 Å². The van der Waals surface area contributed by atoms with E-state index in [-0.39, 0.29) is 23.3 Å². The molecule has 0 aromatic heterocycles. The number of thiol groups is 2. The molecule has 0 N–H and O–H groups in total. The molecular weight excluding hydrogens is 232 g/mol. The molecule has 2 atom stereocenters. The van der Waals surface area contributed by atoms with Crippen LogP contribution in [0.1, 0.15) is 39.5 Å². The molecule has 0 amide bonds. The van der Waals surface area contributed by atoms with Crippen LogP contribution >= 0.6 is 25.3 Å². The van der Waals surface area contributed by atoms with E-state index in [1.165, 1.54) is 0 Å². The van der Waals surface area contributed by atoms with Gasteiger partial charge in [0, 0.05) is 10.5 Å². The van der Waals surface area contributed by atoms with E-state index in [9.17, 15) is 9.59 Å². The van der Waals surface area contributed by atoms with Crippen molar-refractivity contribution in [2.75, 3.05) is 0 Å². The van der Waals surface area contributed by atoms with Crippen molar-refractivity contribution < 1.29 is 14.3 Å². The average Bonchev–Trinajstić information content (AvgIpc) is 2.16. The predicted octanol–water partition coefficient (Wildman–Crippen LogP) is 2.25. The Bertz CT molecular complexity index is 197. The van der Waals surface area contributed by atoms with Gasteiger partial charge in [0.05, 0.1) is 12.8 Å². The number of rotatable bonds is 6. The number of hydrogen-bond acceptors (Lipinski definition) is 5. The van der Waals surface area contributed by atoms with Gasteiger partial charge >= 0.3 is 11.9 Å². The van der Waals surface area contributed by atoms with Crippen LogP contribution in [-0.4, -0.2) is 22.4 Å². The molecule has 0 bridgehead atoms. The first-order valence-electron chi connectivity index (χ1n) is 5.09. The third kappa shape index (κ3) is 7.73. The Kier molecular flexibility index (Phi) is 7.96. The summed E-state index contributed by atoms with van der Waals surface area (Å²) in [7, 11) is 0. The highest BCUT2D eigenvalue weighted by Gasteiger charge is 2.15. The van der Waals surface area contributed by atoms with Crippen LogP contribution in [0.2, 0.25) is 0 Å². The predicted molar refractivity (Wildman–Crippen MR) is 66.5 cm³/mol. The summed E-state index contributed by atoms with van der Waals surface area (Å²) in [6.07, 6.45) is 1.90. The molecule has 15 heavy (non-hydrogen) atoms. The minimum atomic E-state index is -0.501. The quantitative estimate of drug-likeness (QED) is 0.432. The molecular formula is C10H18O3S2. The topological polar surface area (TPSA) is 43.4 Å². The van der Waals surface area contributed by atoms with Crippen LogP contribution in [0.25, 0.3) is 0 Å². The standard InChI is InChI=1S/C10H18O3S2/c1-3-7(14)5-9(11)13-10(12)6-8(15)4-2/h7-8,14-15H,3-6H2,1-2H3. The third-order valence-electron chi connectivity index (χ3n) is 1.97. The Morgan fingerprint density at radius 3 is 1.60 bits per heavy atom. The maximum absolute atomic E-state index is 11.2. The fraction of sp³-hybridized carbons (Fsp3) is 0.800. The Labute approximate surface area is 102 Å². The number of carbonyl (C=O) groups excluding carboxylic acids is 2. The van der Waals surface area contributed by atoms with Crippen molar-refractivity contribution >= 4 is 37.2 Å². The third-order valence-corrected chi connectivity index (χ3v) is 3.07. The van der Waals surface area contributed by atoms with Crippen LogP contribution in [0.4, 0.5) is 0 Å². The molecule has 0 saturated carbocycles. The lowest BCUT2D eigenvalue weighted by Gasteiger charge is -2.08. The van der Waals surface area contributed by atoms with Gasteiger partial charge in [-0.3, -0.25) is 9.59 Å². The Morgan fingerprint density at radius 1 is 1.00 bits per heavy atom. The SMILES string of the molecule is CCC(S)CC(=O)OC(=O)CC(S)CC. The molecule has 0 aliphatic rings. The minimum Gasteiger partial charge on any atom is -0.393 e. The summed E-state index contributed by atoms with van der Waals surface area (Å²) in [6, 6.07) is 0. The summed E-state index contributed by atoms with van der Waals surface area (Å²) in [6.45, 7) is 3.85. The summed E-state index contributed by atoms with van der Waals surface area (Å²) < 4.78 is 4.62. The van der Waals surface area contributed by atoms with E-state index in [1.54, 1.807) is 0 Å². The second-order valence-electron chi connectivity index (χ2n) is 3.38. The highest BCUT2D eigenvalue weighted by molar-refractivity contribution is 7.81. The lowest BCUT2D eigenvalue weighted by molar-refractivity contribution is -0.159. The Hall–Kier alpha value is -0.160. The summed E-state index contributed by atoms with van der Waals surface area (Å²) in [5.41, 5.74) is 0. The fourth-order valence-corrected chi connectivity index (χ4v) is 1.18. The van der Waals surface area contributed by atoms with Gasteiger partial charge in [-0.05, 0) is 12.8 Å². The van der Waals surface area contributed by atoms with Crippen molar-refractivity contribution in [3.8, 4) is 0 Å². The Balaban J connectivity index is 3.81. The molecule has 3 nitrogen and oxygen atoms in total. The lowest BCUT2D eigenvalue weighted by Crippen LogP contribution is -2.18. The van der Waals surface area contributed by atoms with Crippen molar-refractivity contribution in [2.45, 2.75) is 50.0 Å². The van der Waals surface area contributed by atoms with Crippen molar-refractivity contribution in [3.05, 3.63) is 0 Å². The first kappa shape index (κ1) is 14.8. The van der Waals surface area contributed by atoms with E-state index in [2.05, 4.69) is 30.0 Å². The fourth-order valence-electron chi connectivity index (χ4n) is 0.884. The molecule has 5 heteroatoms. The zero-order valence-corrected chi connectivity index (χ0v) is 10.9. The number of carbonyl (C=O) groups is 2. The second-order valence-corrected chi connectivity index (χ2v) is 4.84. The van der Waals surface area contributed by atoms with Crippen molar-refractivity contribution in [2.24, 2.45) is 0 Å². The summed E-state index contributed by atoms with van der Waals surface area (Å²) >= 11 is 8.31. The van der Waals surface area contributed by atoms with Crippen molar-refractivity contribution in [1.82, 2.24) is 0 Å². The Morgan fingerprint density at radius 2 is 1.33 bits per heavy atom. The zero-order valence-electron chi connectivity index (χ0n) is 9.10. The van der Waals surface area contributed by atoms with Crippen LogP contribution in [0, 0.1) is 0 Å². The molecule has 0 fully saturated rings. The van der Waals surface area contributed by atoms with Gasteiger partial charge in [-0.15, -0.1) is 0 Å². The monoisotopic (exact) mass is 250 g/mol. The average molecular weight is 250 g/mol. The van der Waals surface area contributed by atoms with E-state index < -0.39 is 11.9 Å². The maximum Gasteiger partial charge on any atom is 0.314 e. The maximum atomic E-state index is 11.2. The summed E-state index contributed by atoms with van der Waals surface area (Å²) in [5, 5.41) is -0.0773. The van der Waals surface area contributed by atoms with Gasteiger partial charge in [-0.2, -0.15) is 25.3 Å². The lowest BCUT2D eigenvalue weighted by atomic mass is 10.2. The van der Waals surface area contributed by atoms with Gasteiger partial charge in [0.1, 0.15) is 0 Å². The van der Waals surface area contributed by atoms with Crippen LogP contribution in [0.5, 0.6) is 0 Å². The van der Waals surface area contributed by atoms with Crippen molar-refractivity contribution in [1.29, 1.82) is 0 Å². The van der Waals surface area contributed by atoms with Gasteiger partial charge in [0.25, 0.3) is 0 Å². The molecule has 0 rings (SSSR count). The highest BCUT2D eigenvalue weighted by Crippen LogP contribution is 2.10. The smallest absolute Gasteiger partial charge is 0.314 e. The molecule has 0 radical (unpaired) electrons. The molecule has 0 aliphatic carbocycles. The molecule has 0 spiro atoms. The minimum absolute atomic E-state index is 0.0386. The summed E-state index contributed by atoms with van der Waals surface area (Å²) in [5.74, 6) is -1.00. The van der Waals surface area contributed by atoms with Crippen LogP contribution < -0.4 is 0 Å². The van der Waals surface area contributed by atoms with Crippen LogP contribution in [0.3, 0.4) is 0 Å². The molecule has 2 unspecified atom stereocenters. The zero-order chi connectivity index (χ0) is 11.8. The van der Waals surface area contributed by atoms with E-state index >= 15 is 0 Å². The number of esters is 2. The first-order chi connectivity index (χ1) is 6.99. The van der Waals surface area contributed by atoms with E-state index in [0.29, 0.717) is 0 Å². The first-order valence-corrected chi connectivity index (χ1v) is 6.12. The van der Waals surface area contributed by atoms with E-state index in [1.807, 2.05) is 13.8 Å². The highest BCUT2D eigenvalue weighted by atomic mass is 32.1. The van der Waals surface area contributed by atoms with Gasteiger partial charge in [0.15, 0.2) is 0 Å². The largest absolute Gasteiger partial charge is 0.393 e. The van der Waals surface area contributed by atoms with Gasteiger partial charge in [-0.25, -0.2) is 0 Å². The van der Waals surface area contributed by atoms with Gasteiger partial charge < -0.3 is 4.74 Å². The second kappa shape index (κ2) is 8.05. The molecule has 0 saturated heterocycles. The number of hydrogen-bond donors (Lipinski definition) is 2. The molecule has 0 aromatic carbocycles. The van der Waals surface area contributed by atoms with E-state index in [0.717, 1.165) is 12.8 Å². The normalized spacial score (nSPS) is 14.4. The summed E-state index contributed by atoms with van der Waals surface area (Å²) in [4.78, 5) is 22.4. The van der Waals surface area contributed by atoms with Crippen LogP contribution in [0.15, 0.2) is 0 Å². The molecule has 88 valence electrons. The number of ether oxygens (including phenoxy) is 1. The van der Waals surface area contributed by atoms with Crippen LogP contribution in [-0.2, 0) is 14.3 Å². The van der Waals surface area contributed by atoms with E-state index in [4.69, 9.17) is 0 Å². The molecule has 0 heterocycles. The van der Waals surface area contributed by atoms with Gasteiger partial charge in [0.2, 0.25) is 0 Å².